The summed E-state index contributed by atoms with van der Waals surface area (Å²) in [7, 11) is 0. The summed E-state index contributed by atoms with van der Waals surface area (Å²) >= 11 is 0. The molecule has 15 heteroatoms. The van der Waals surface area contributed by atoms with E-state index in [0.717, 1.165) is 24.3 Å². The summed E-state index contributed by atoms with van der Waals surface area (Å²) < 4.78 is 5.77. The van der Waals surface area contributed by atoms with Crippen LogP contribution in [0.3, 0.4) is 0 Å². The second-order valence-electron chi connectivity index (χ2n) is 8.69. The Balaban J connectivity index is 1.33. The van der Waals surface area contributed by atoms with Gasteiger partial charge in [0.05, 0.1) is 32.2 Å². The Hall–Kier alpha value is -6.35. The minimum atomic E-state index is -1.48. The number of hydrogen-bond acceptors (Lipinski definition) is 10. The van der Waals surface area contributed by atoms with Gasteiger partial charge in [0, 0.05) is 30.0 Å². The van der Waals surface area contributed by atoms with E-state index in [1.54, 1.807) is 36.4 Å². The van der Waals surface area contributed by atoms with E-state index < -0.39 is 38.9 Å². The van der Waals surface area contributed by atoms with E-state index in [0.29, 0.717) is 22.9 Å². The topological polar surface area (TPSA) is 220 Å². The lowest BCUT2D eigenvalue weighted by atomic mass is 10.1. The largest absolute Gasteiger partial charge is 0.478 e. The van der Waals surface area contributed by atoms with Crippen LogP contribution in [-0.4, -0.2) is 37.9 Å². The molecule has 0 unspecified atom stereocenters. The molecule has 0 aliphatic heterocycles. The van der Waals surface area contributed by atoms with Crippen LogP contribution in [-0.2, 0) is 11.4 Å². The zero-order valence-corrected chi connectivity index (χ0v) is 21.8. The highest BCUT2D eigenvalue weighted by Gasteiger charge is 2.21. The van der Waals surface area contributed by atoms with Gasteiger partial charge in [0.25, 0.3) is 17.3 Å². The zero-order valence-electron chi connectivity index (χ0n) is 21.8. The van der Waals surface area contributed by atoms with E-state index in [2.05, 4.69) is 10.8 Å². The smallest absolute Gasteiger partial charge is 0.336 e. The molecule has 0 atom stereocenters. The zero-order chi connectivity index (χ0) is 31.1. The Morgan fingerprint density at radius 3 is 1.72 bits per heavy atom. The summed E-state index contributed by atoms with van der Waals surface area (Å²) in [6.07, 6.45) is 0. The van der Waals surface area contributed by atoms with Crippen molar-refractivity contribution in [1.82, 2.24) is 0 Å². The average molecular weight is 588 g/mol. The average Bonchev–Trinajstić information content (AvgIpc) is 2.98. The number of carboxylic acid groups (broad SMARTS) is 2. The number of nitro groups is 2. The Bertz CT molecular complexity index is 1720. The van der Waals surface area contributed by atoms with Gasteiger partial charge in [-0.25, -0.2) is 9.59 Å². The maximum absolute atomic E-state index is 12.6. The first-order valence-corrected chi connectivity index (χ1v) is 12.1. The molecule has 0 radical (unpaired) electrons. The van der Waals surface area contributed by atoms with E-state index in [4.69, 9.17) is 9.57 Å². The van der Waals surface area contributed by atoms with Crippen molar-refractivity contribution in [3.8, 4) is 11.5 Å². The number of non-ortho nitro benzene ring substituents is 2. The lowest BCUT2D eigenvalue weighted by molar-refractivity contribution is -0.385. The third kappa shape index (κ3) is 7.44. The van der Waals surface area contributed by atoms with Crippen LogP contribution in [0.1, 0.15) is 36.6 Å². The van der Waals surface area contributed by atoms with Crippen LogP contribution in [0, 0.1) is 20.2 Å². The molecule has 218 valence electrons. The van der Waals surface area contributed by atoms with Crippen LogP contribution in [0.15, 0.2) is 84.9 Å². The number of nitrogens with zero attached hydrogens (tertiary/aromatic N) is 2. The van der Waals surface area contributed by atoms with Crippen LogP contribution >= 0.6 is 0 Å². The van der Waals surface area contributed by atoms with Gasteiger partial charge >= 0.3 is 11.9 Å². The molecule has 15 nitrogen and oxygen atoms in total. The van der Waals surface area contributed by atoms with E-state index in [9.17, 15) is 44.8 Å². The molecule has 0 saturated heterocycles. The normalized spacial score (nSPS) is 10.4. The molecular weight excluding hydrogens is 568 g/mol. The van der Waals surface area contributed by atoms with Crippen molar-refractivity contribution < 1.29 is 44.0 Å². The van der Waals surface area contributed by atoms with Crippen molar-refractivity contribution in [3.05, 3.63) is 127 Å². The Morgan fingerprint density at radius 2 is 1.19 bits per heavy atom. The SMILES string of the molecule is O=C(O)c1cc([N+](=O)[O-])ccc1CONc1ccc(Oc2ccc(NC(=O)c3ccc([N+](=O)[O-])cc3C(=O)O)cc2)cc1. The number of ether oxygens (including phenoxy) is 1. The number of carbonyl (C=O) groups excluding carboxylic acids is 1. The summed E-state index contributed by atoms with van der Waals surface area (Å²) in [5, 5.41) is 43.0. The van der Waals surface area contributed by atoms with Crippen LogP contribution in [0.4, 0.5) is 22.7 Å². The number of rotatable bonds is 12. The van der Waals surface area contributed by atoms with Gasteiger partial charge in [-0.1, -0.05) is 0 Å². The number of anilines is 2. The van der Waals surface area contributed by atoms with Gasteiger partial charge in [-0.05, 0) is 66.2 Å². The Morgan fingerprint density at radius 1 is 0.674 bits per heavy atom. The molecule has 1 amide bonds. The predicted molar refractivity (Wildman–Crippen MR) is 149 cm³/mol. The van der Waals surface area contributed by atoms with E-state index in [1.807, 2.05) is 0 Å². The summed E-state index contributed by atoms with van der Waals surface area (Å²) in [5.74, 6) is -2.71. The molecule has 0 saturated carbocycles. The number of carboxylic acids is 2. The highest BCUT2D eigenvalue weighted by molar-refractivity contribution is 6.11. The first-order chi connectivity index (χ1) is 20.5. The molecule has 0 bridgehead atoms. The summed E-state index contributed by atoms with van der Waals surface area (Å²) in [5.41, 5.74) is 1.92. The number of carbonyl (C=O) groups is 3. The molecule has 4 aromatic carbocycles. The van der Waals surface area contributed by atoms with Gasteiger partial charge in [0.1, 0.15) is 18.1 Å². The third-order valence-electron chi connectivity index (χ3n) is 5.84. The second kappa shape index (κ2) is 12.9. The number of benzene rings is 4. The van der Waals surface area contributed by atoms with Crippen LogP contribution in [0.25, 0.3) is 0 Å². The van der Waals surface area contributed by atoms with E-state index in [1.165, 1.54) is 24.3 Å². The molecule has 4 aromatic rings. The van der Waals surface area contributed by atoms with Gasteiger partial charge in [0.2, 0.25) is 0 Å². The molecule has 0 aliphatic rings. The quantitative estimate of drug-likeness (QED) is 0.119. The van der Waals surface area contributed by atoms with Crippen molar-refractivity contribution in [1.29, 1.82) is 0 Å². The Kier molecular flexibility index (Phi) is 8.87. The van der Waals surface area contributed by atoms with Crippen molar-refractivity contribution in [2.75, 3.05) is 10.8 Å². The number of nitrogens with one attached hydrogen (secondary N) is 2. The highest BCUT2D eigenvalue weighted by atomic mass is 16.6. The number of nitro benzene ring substituents is 2. The van der Waals surface area contributed by atoms with E-state index in [-0.39, 0.29) is 29.0 Å². The molecule has 0 fully saturated rings. The molecule has 0 aromatic heterocycles. The molecule has 0 spiro atoms. The van der Waals surface area contributed by atoms with Gasteiger partial charge in [-0.2, -0.15) is 0 Å². The fraction of sp³-hybridized carbons (Fsp3) is 0.0357. The van der Waals surface area contributed by atoms with Crippen molar-refractivity contribution >= 4 is 40.6 Å². The number of hydrogen-bond donors (Lipinski definition) is 4. The molecule has 0 aliphatic carbocycles. The predicted octanol–water partition coefficient (Wildman–Crippen LogP) is 5.49. The lowest BCUT2D eigenvalue weighted by Crippen LogP contribution is -2.16. The maximum Gasteiger partial charge on any atom is 0.336 e. The Labute approximate surface area is 241 Å². The number of amides is 1. The summed E-state index contributed by atoms with van der Waals surface area (Å²) in [4.78, 5) is 61.3. The van der Waals surface area contributed by atoms with Gasteiger partial charge in [-0.15, -0.1) is 0 Å². The highest BCUT2D eigenvalue weighted by Crippen LogP contribution is 2.26. The molecule has 43 heavy (non-hydrogen) atoms. The second-order valence-corrected chi connectivity index (χ2v) is 8.69. The lowest BCUT2D eigenvalue weighted by Gasteiger charge is -2.11. The third-order valence-corrected chi connectivity index (χ3v) is 5.84. The fourth-order valence-corrected chi connectivity index (χ4v) is 3.75. The molecule has 4 N–H and O–H groups in total. The maximum atomic E-state index is 12.6. The number of aromatic carboxylic acids is 2. The fourth-order valence-electron chi connectivity index (χ4n) is 3.75. The van der Waals surface area contributed by atoms with Gasteiger partial charge in [-0.3, -0.25) is 35.3 Å². The van der Waals surface area contributed by atoms with Gasteiger partial charge < -0.3 is 20.3 Å². The van der Waals surface area contributed by atoms with Crippen molar-refractivity contribution in [2.24, 2.45) is 0 Å². The molecule has 4 rings (SSSR count). The molecule has 0 heterocycles. The van der Waals surface area contributed by atoms with Crippen molar-refractivity contribution in [2.45, 2.75) is 6.61 Å². The minimum Gasteiger partial charge on any atom is -0.478 e. The monoisotopic (exact) mass is 588 g/mol. The minimum absolute atomic E-state index is 0.178. The standard InChI is InChI=1S/C28H20N4O11/c33-26(23-12-7-20(32(40)41)14-25(23)28(36)37)29-17-2-8-21(9-3-17)43-22-10-4-18(5-11-22)30-42-15-16-1-6-19(31(38)39)13-24(16)27(34)35/h1-14,30H,15H2,(H,29,33)(H,34,35)(H,36,37). The first kappa shape index (κ1) is 29.6. The molecular formula is C28H20N4O11. The first-order valence-electron chi connectivity index (χ1n) is 12.1. The van der Waals surface area contributed by atoms with Crippen LogP contribution in [0.5, 0.6) is 11.5 Å². The van der Waals surface area contributed by atoms with Crippen LogP contribution in [0.2, 0.25) is 0 Å². The van der Waals surface area contributed by atoms with Crippen LogP contribution < -0.4 is 15.5 Å². The summed E-state index contributed by atoms with van der Waals surface area (Å²) in [6.45, 7) is -0.178. The van der Waals surface area contributed by atoms with Gasteiger partial charge in [0.15, 0.2) is 0 Å². The van der Waals surface area contributed by atoms with Crippen molar-refractivity contribution in [3.63, 3.8) is 0 Å². The van der Waals surface area contributed by atoms with E-state index >= 15 is 0 Å². The summed E-state index contributed by atoms with van der Waals surface area (Å²) in [6, 6.07) is 19.0.